The third-order valence-electron chi connectivity index (χ3n) is 1.70. The van der Waals surface area contributed by atoms with Crippen molar-refractivity contribution in [3.8, 4) is 0 Å². The normalized spacial score (nSPS) is 14.1. The fourth-order valence-electron chi connectivity index (χ4n) is 0.990. The third kappa shape index (κ3) is 3.03. The van der Waals surface area contributed by atoms with Crippen LogP contribution in [0.3, 0.4) is 0 Å². The Labute approximate surface area is 80.2 Å². The fourth-order valence-corrected chi connectivity index (χ4v) is 5.11. The van der Waals surface area contributed by atoms with Gasteiger partial charge in [0.15, 0.2) is 9.04 Å². The van der Waals surface area contributed by atoms with Crippen LogP contribution in [0.25, 0.3) is 0 Å². The Morgan fingerprint density at radius 2 is 2.00 bits per heavy atom. The maximum absolute atomic E-state index is 5.67. The van der Waals surface area contributed by atoms with Gasteiger partial charge in [0.05, 0.1) is 0 Å². The zero-order valence-corrected chi connectivity index (χ0v) is 12.1. The van der Waals surface area contributed by atoms with Gasteiger partial charge in [-0.25, -0.2) is 0 Å². The van der Waals surface area contributed by atoms with Crippen molar-refractivity contribution >= 4 is 34.7 Å². The second-order valence-corrected chi connectivity index (χ2v) is 8.46. The van der Waals surface area contributed by atoms with Crippen molar-refractivity contribution in [2.24, 2.45) is 0 Å². The largest absolute Gasteiger partial charge is 0.449 e. The van der Waals surface area contributed by atoms with E-state index in [4.69, 9.17) is 8.23 Å². The molecule has 0 saturated heterocycles. The van der Waals surface area contributed by atoms with Crippen molar-refractivity contribution in [2.45, 2.75) is 6.55 Å². The van der Waals surface area contributed by atoms with Gasteiger partial charge < -0.3 is 8.23 Å². The lowest BCUT2D eigenvalue weighted by Gasteiger charge is -2.10. The van der Waals surface area contributed by atoms with Crippen LogP contribution in [-0.2, 0) is 8.23 Å². The van der Waals surface area contributed by atoms with E-state index in [2.05, 4.69) is 30.8 Å². The first-order valence-electron chi connectivity index (χ1n) is 4.00. The molecule has 1 unspecified atom stereocenters. The molecule has 0 heterocycles. The molecule has 0 saturated carbocycles. The van der Waals surface area contributed by atoms with Crippen LogP contribution in [0, 0.1) is 0 Å². The fraction of sp³-hybridized carbons (Fsp3) is 0.143. The molecule has 1 aromatic rings. The molecule has 1 aromatic carbocycles. The minimum absolute atomic E-state index is 0.646. The molecule has 0 bridgehead atoms. The molecule has 0 aliphatic carbocycles. The summed E-state index contributed by atoms with van der Waals surface area (Å²) in [4.78, 5) is 0. The summed E-state index contributed by atoms with van der Waals surface area (Å²) in [5.41, 5.74) is 0. The molecule has 0 radical (unpaired) electrons. The minimum Gasteiger partial charge on any atom is -0.449 e. The van der Waals surface area contributed by atoms with Gasteiger partial charge in [-0.15, -0.1) is 0 Å². The molecule has 0 amide bonds. The summed E-state index contributed by atoms with van der Waals surface area (Å²) in [6.07, 6.45) is 0. The Hall–Kier alpha value is -0.209. The Morgan fingerprint density at radius 1 is 1.33 bits per heavy atom. The van der Waals surface area contributed by atoms with E-state index in [0.29, 0.717) is 0 Å². The Morgan fingerprint density at radius 3 is 2.58 bits per heavy atom. The molecule has 12 heavy (non-hydrogen) atoms. The summed E-state index contributed by atoms with van der Waals surface area (Å²) >= 11 is 0. The summed E-state index contributed by atoms with van der Waals surface area (Å²) in [5.74, 6) is 0. The van der Waals surface area contributed by atoms with E-state index in [1.807, 2.05) is 6.07 Å². The lowest BCUT2D eigenvalue weighted by Crippen LogP contribution is -2.31. The van der Waals surface area contributed by atoms with E-state index in [1.165, 1.54) is 5.19 Å². The Balaban J connectivity index is 2.48. The molecule has 0 spiro atoms. The monoisotopic (exact) mass is 214 g/mol. The van der Waals surface area contributed by atoms with Gasteiger partial charge >= 0.3 is 0 Å². The summed E-state index contributed by atoms with van der Waals surface area (Å²) in [6, 6.07) is 10.4. The van der Waals surface area contributed by atoms with Gasteiger partial charge in [0, 0.05) is 0 Å². The predicted molar refractivity (Wildman–Crippen MR) is 59.7 cm³/mol. The Kier molecular flexibility index (Phi) is 4.48. The number of benzene rings is 1. The number of hydrogen-bond acceptors (Lipinski definition) is 2. The highest BCUT2D eigenvalue weighted by Crippen LogP contribution is 1.89. The summed E-state index contributed by atoms with van der Waals surface area (Å²) < 4.78 is 10.8. The van der Waals surface area contributed by atoms with E-state index in [-0.39, 0.29) is 0 Å². The summed E-state index contributed by atoms with van der Waals surface area (Å²) in [7, 11) is -0.949. The van der Waals surface area contributed by atoms with Gasteiger partial charge in [0.25, 0.3) is 10.0 Å². The molecule has 1 rings (SSSR count). The maximum Gasteiger partial charge on any atom is 0.283 e. The minimum atomic E-state index is -1.12. The second kappa shape index (κ2) is 5.44. The van der Waals surface area contributed by atoms with Crippen molar-refractivity contribution in [2.75, 3.05) is 0 Å². The number of rotatable bonds is 4. The zero-order valence-electron chi connectivity index (χ0n) is 7.49. The second-order valence-electron chi connectivity index (χ2n) is 2.63. The van der Waals surface area contributed by atoms with E-state index < -0.39 is 19.0 Å². The van der Waals surface area contributed by atoms with Crippen LogP contribution in [0.15, 0.2) is 30.3 Å². The van der Waals surface area contributed by atoms with Crippen LogP contribution < -0.4 is 5.19 Å². The molecule has 0 aromatic heterocycles. The van der Waals surface area contributed by atoms with Crippen LogP contribution in [-0.4, -0.2) is 29.5 Å². The molecule has 0 fully saturated rings. The molecule has 2 nitrogen and oxygen atoms in total. The topological polar surface area (TPSA) is 18.5 Å². The van der Waals surface area contributed by atoms with E-state index >= 15 is 0 Å². The summed E-state index contributed by atoms with van der Waals surface area (Å²) in [6.45, 7) is 2.20. The van der Waals surface area contributed by atoms with E-state index in [1.54, 1.807) is 0 Å². The lowest BCUT2D eigenvalue weighted by atomic mass is 10.4. The quantitative estimate of drug-likeness (QED) is 0.572. The van der Waals surface area contributed by atoms with E-state index in [9.17, 15) is 0 Å². The molecular formula is C7H14O2Si3. The summed E-state index contributed by atoms with van der Waals surface area (Å²) in [5, 5.41) is 1.36. The van der Waals surface area contributed by atoms with Gasteiger partial charge in [-0.2, -0.15) is 0 Å². The SMILES string of the molecule is C[SiH](O[SiH2]O[SiH3])c1ccccc1. The molecule has 0 N–H and O–H groups in total. The molecule has 5 heteroatoms. The van der Waals surface area contributed by atoms with Crippen LogP contribution in [0.5, 0.6) is 0 Å². The van der Waals surface area contributed by atoms with Gasteiger partial charge in [-0.3, -0.25) is 0 Å². The third-order valence-corrected chi connectivity index (χ3v) is 6.52. The molecule has 0 aliphatic heterocycles. The van der Waals surface area contributed by atoms with Gasteiger partial charge in [-0.1, -0.05) is 30.3 Å². The first kappa shape index (κ1) is 9.88. The van der Waals surface area contributed by atoms with Gasteiger partial charge in [0.1, 0.15) is 10.5 Å². The molecule has 1 atom stereocenters. The zero-order chi connectivity index (χ0) is 8.81. The highest BCUT2D eigenvalue weighted by Gasteiger charge is 2.05. The lowest BCUT2D eigenvalue weighted by molar-refractivity contribution is 0.498. The molecule has 66 valence electrons. The van der Waals surface area contributed by atoms with Crippen LogP contribution in [0.1, 0.15) is 0 Å². The smallest absolute Gasteiger partial charge is 0.283 e. The van der Waals surface area contributed by atoms with Crippen LogP contribution in [0.2, 0.25) is 6.55 Å². The highest BCUT2D eigenvalue weighted by atomic mass is 28.4. The first-order chi connectivity index (χ1) is 5.84. The van der Waals surface area contributed by atoms with Crippen LogP contribution in [0.4, 0.5) is 0 Å². The van der Waals surface area contributed by atoms with Gasteiger partial charge in [-0.05, 0) is 11.7 Å². The highest BCUT2D eigenvalue weighted by molar-refractivity contribution is 6.69. The first-order valence-corrected chi connectivity index (χ1v) is 8.17. The molecule has 0 aliphatic rings. The van der Waals surface area contributed by atoms with E-state index in [0.717, 1.165) is 10.5 Å². The van der Waals surface area contributed by atoms with Crippen molar-refractivity contribution in [3.63, 3.8) is 0 Å². The number of hydrogen-bond donors (Lipinski definition) is 0. The Bertz CT molecular complexity index is 217. The standard InChI is InChI=1S/C7H14O2Si3/c1-12(9-11-8-10)7-5-3-2-4-6-7/h2-6,12H,11H2,1,10H3. The predicted octanol–water partition coefficient (Wildman–Crippen LogP) is -1.44. The maximum atomic E-state index is 5.67. The average Bonchev–Trinajstić information content (AvgIpc) is 2.15. The molecular weight excluding hydrogens is 200 g/mol. The van der Waals surface area contributed by atoms with Gasteiger partial charge in [0.2, 0.25) is 0 Å². The van der Waals surface area contributed by atoms with Crippen molar-refractivity contribution < 1.29 is 8.23 Å². The average molecular weight is 214 g/mol. The van der Waals surface area contributed by atoms with Crippen LogP contribution >= 0.6 is 0 Å². The van der Waals surface area contributed by atoms with Crippen molar-refractivity contribution in [3.05, 3.63) is 30.3 Å². The van der Waals surface area contributed by atoms with Crippen molar-refractivity contribution in [1.82, 2.24) is 0 Å². The van der Waals surface area contributed by atoms with Crippen molar-refractivity contribution in [1.29, 1.82) is 0 Å².